The van der Waals surface area contributed by atoms with E-state index in [4.69, 9.17) is 16.7 Å². The van der Waals surface area contributed by atoms with Crippen molar-refractivity contribution < 1.29 is 9.90 Å². The second-order valence-corrected chi connectivity index (χ2v) is 5.94. The summed E-state index contributed by atoms with van der Waals surface area (Å²) in [5.41, 5.74) is 1.79. The number of hydrogen-bond acceptors (Lipinski definition) is 3. The lowest BCUT2D eigenvalue weighted by Crippen LogP contribution is -2.42. The predicted molar refractivity (Wildman–Crippen MR) is 87.0 cm³/mol. The number of piperidine rings is 1. The average molecular weight is 309 g/mol. The van der Waals surface area contributed by atoms with E-state index in [1.165, 1.54) is 0 Å². The summed E-state index contributed by atoms with van der Waals surface area (Å²) >= 11 is 6.34. The van der Waals surface area contributed by atoms with Crippen molar-refractivity contribution in [3.8, 4) is 0 Å². The first-order chi connectivity index (χ1) is 9.99. The highest BCUT2D eigenvalue weighted by Gasteiger charge is 2.23. The Hall–Kier alpha value is -1.52. The Morgan fingerprint density at radius 1 is 1.38 bits per heavy atom. The highest BCUT2D eigenvalue weighted by molar-refractivity contribution is 6.33. The number of nitrogens with zero attached hydrogens (tertiary/aromatic N) is 2. The third-order valence-electron chi connectivity index (χ3n) is 3.93. The number of benzene rings is 1. The predicted octanol–water partition coefficient (Wildman–Crippen LogP) is 2.97. The largest absolute Gasteiger partial charge is 0.478 e. The highest BCUT2D eigenvalue weighted by Crippen LogP contribution is 2.33. The van der Waals surface area contributed by atoms with Crippen molar-refractivity contribution in [2.24, 2.45) is 0 Å². The zero-order valence-corrected chi connectivity index (χ0v) is 13.2. The normalized spacial score (nSPS) is 16.9. The molecule has 0 atom stereocenters. The van der Waals surface area contributed by atoms with E-state index in [0.29, 0.717) is 11.1 Å². The van der Waals surface area contributed by atoms with Crippen LogP contribution in [0.2, 0.25) is 5.02 Å². The van der Waals surface area contributed by atoms with Crippen LogP contribution < -0.4 is 4.90 Å². The minimum absolute atomic E-state index is 0.599. The van der Waals surface area contributed by atoms with Gasteiger partial charge in [-0.05, 0) is 44.6 Å². The van der Waals surface area contributed by atoms with Crippen LogP contribution in [0.5, 0.6) is 0 Å². The maximum atomic E-state index is 10.7. The van der Waals surface area contributed by atoms with Gasteiger partial charge >= 0.3 is 5.97 Å². The minimum Gasteiger partial charge on any atom is -0.478 e. The lowest BCUT2D eigenvalue weighted by Gasteiger charge is -2.37. The van der Waals surface area contributed by atoms with Gasteiger partial charge in [-0.2, -0.15) is 0 Å². The Labute approximate surface area is 130 Å². The molecule has 0 bridgehead atoms. The smallest absolute Gasteiger partial charge is 0.328 e. The molecule has 21 heavy (non-hydrogen) atoms. The minimum atomic E-state index is -0.952. The first-order valence-corrected chi connectivity index (χ1v) is 7.47. The first kappa shape index (κ1) is 15.9. The van der Waals surface area contributed by atoms with Crippen molar-refractivity contribution in [1.82, 2.24) is 4.90 Å². The number of rotatable bonds is 4. The fraction of sp³-hybridized carbons (Fsp3) is 0.438. The molecule has 1 aliphatic heterocycles. The van der Waals surface area contributed by atoms with Crippen LogP contribution in [0.1, 0.15) is 18.4 Å². The highest BCUT2D eigenvalue weighted by atomic mass is 35.5. The molecule has 1 saturated heterocycles. The molecule has 1 fully saturated rings. The zero-order chi connectivity index (χ0) is 15.4. The van der Waals surface area contributed by atoms with E-state index < -0.39 is 5.97 Å². The maximum absolute atomic E-state index is 10.7. The Morgan fingerprint density at radius 3 is 2.62 bits per heavy atom. The van der Waals surface area contributed by atoms with Gasteiger partial charge in [-0.3, -0.25) is 0 Å². The number of hydrogen-bond donors (Lipinski definition) is 1. The van der Waals surface area contributed by atoms with Gasteiger partial charge in [-0.15, -0.1) is 0 Å². The summed E-state index contributed by atoms with van der Waals surface area (Å²) in [5.74, 6) is -0.952. The molecule has 1 N–H and O–H groups in total. The van der Waals surface area contributed by atoms with Gasteiger partial charge in [0, 0.05) is 25.2 Å². The van der Waals surface area contributed by atoms with Crippen LogP contribution in [0.3, 0.4) is 0 Å². The summed E-state index contributed by atoms with van der Waals surface area (Å²) in [6.07, 6.45) is 4.93. The lowest BCUT2D eigenvalue weighted by atomic mass is 10.0. The van der Waals surface area contributed by atoms with Crippen LogP contribution in [0.4, 0.5) is 5.69 Å². The Morgan fingerprint density at radius 2 is 2.05 bits per heavy atom. The van der Waals surface area contributed by atoms with Crippen LogP contribution in [0.15, 0.2) is 24.3 Å². The quantitative estimate of drug-likeness (QED) is 0.869. The van der Waals surface area contributed by atoms with Crippen molar-refractivity contribution in [3.63, 3.8) is 0 Å². The van der Waals surface area contributed by atoms with E-state index in [2.05, 4.69) is 23.9 Å². The van der Waals surface area contributed by atoms with E-state index in [0.717, 1.165) is 43.3 Å². The monoisotopic (exact) mass is 308 g/mol. The van der Waals surface area contributed by atoms with Crippen molar-refractivity contribution in [3.05, 3.63) is 34.9 Å². The molecule has 2 rings (SSSR count). The Balaban J connectivity index is 2.21. The van der Waals surface area contributed by atoms with E-state index in [-0.39, 0.29) is 0 Å². The van der Waals surface area contributed by atoms with Gasteiger partial charge in [0.1, 0.15) is 0 Å². The molecule has 4 nitrogen and oxygen atoms in total. The zero-order valence-electron chi connectivity index (χ0n) is 12.4. The number of carboxylic acid groups (broad SMARTS) is 1. The van der Waals surface area contributed by atoms with Gasteiger partial charge in [-0.25, -0.2) is 4.79 Å². The third-order valence-corrected chi connectivity index (χ3v) is 4.24. The molecule has 1 aliphatic rings. The second kappa shape index (κ2) is 6.96. The topological polar surface area (TPSA) is 43.8 Å². The summed E-state index contributed by atoms with van der Waals surface area (Å²) in [7, 11) is 4.22. The molecule has 0 aliphatic carbocycles. The number of para-hydroxylation sites is 1. The van der Waals surface area contributed by atoms with Gasteiger partial charge in [-0.1, -0.05) is 23.7 Å². The van der Waals surface area contributed by atoms with Crippen LogP contribution in [-0.4, -0.2) is 49.2 Å². The summed E-state index contributed by atoms with van der Waals surface area (Å²) in [6.45, 7) is 1.86. The number of aliphatic carboxylic acids is 1. The molecule has 0 radical (unpaired) electrons. The summed E-state index contributed by atoms with van der Waals surface area (Å²) < 4.78 is 0. The van der Waals surface area contributed by atoms with E-state index >= 15 is 0 Å². The molecule has 5 heteroatoms. The number of carboxylic acids is 1. The number of carbonyl (C=O) groups is 1. The van der Waals surface area contributed by atoms with Crippen LogP contribution in [0, 0.1) is 0 Å². The van der Waals surface area contributed by atoms with E-state index in [1.54, 1.807) is 6.08 Å². The molecule has 114 valence electrons. The molecule has 0 aromatic heterocycles. The number of halogens is 1. The van der Waals surface area contributed by atoms with Crippen LogP contribution in [-0.2, 0) is 4.79 Å². The Bertz CT molecular complexity index is 535. The van der Waals surface area contributed by atoms with Crippen molar-refractivity contribution in [1.29, 1.82) is 0 Å². The van der Waals surface area contributed by atoms with Crippen molar-refractivity contribution in [2.75, 3.05) is 32.1 Å². The molecule has 1 aromatic carbocycles. The fourth-order valence-corrected chi connectivity index (χ4v) is 3.07. The maximum Gasteiger partial charge on any atom is 0.328 e. The fourth-order valence-electron chi connectivity index (χ4n) is 2.77. The van der Waals surface area contributed by atoms with Gasteiger partial charge in [0.15, 0.2) is 0 Å². The van der Waals surface area contributed by atoms with Gasteiger partial charge in [0.05, 0.1) is 10.7 Å². The molecule has 0 amide bonds. The molecule has 0 unspecified atom stereocenters. The van der Waals surface area contributed by atoms with Gasteiger partial charge in [0.25, 0.3) is 0 Å². The molecule has 0 saturated carbocycles. The van der Waals surface area contributed by atoms with Crippen molar-refractivity contribution >= 4 is 29.3 Å². The molecule has 1 heterocycles. The second-order valence-electron chi connectivity index (χ2n) is 5.53. The summed E-state index contributed by atoms with van der Waals surface area (Å²) in [5, 5.41) is 9.47. The Kier molecular flexibility index (Phi) is 5.26. The number of anilines is 1. The first-order valence-electron chi connectivity index (χ1n) is 7.10. The van der Waals surface area contributed by atoms with E-state index in [9.17, 15) is 4.79 Å². The van der Waals surface area contributed by atoms with Gasteiger partial charge < -0.3 is 14.9 Å². The molecule has 1 aromatic rings. The van der Waals surface area contributed by atoms with Crippen LogP contribution >= 0.6 is 11.6 Å². The molecular weight excluding hydrogens is 288 g/mol. The molecule has 0 spiro atoms. The lowest BCUT2D eigenvalue weighted by molar-refractivity contribution is -0.131. The third kappa shape index (κ3) is 3.99. The summed E-state index contributed by atoms with van der Waals surface area (Å²) in [6, 6.07) is 6.20. The summed E-state index contributed by atoms with van der Waals surface area (Å²) in [4.78, 5) is 15.2. The molecular formula is C16H21ClN2O2. The van der Waals surface area contributed by atoms with E-state index in [1.807, 2.05) is 18.2 Å². The van der Waals surface area contributed by atoms with Crippen molar-refractivity contribution in [2.45, 2.75) is 18.9 Å². The SMILES string of the molecule is CN(C)C1CCN(c2c(Cl)cccc2/C=C/C(=O)O)CC1. The standard InChI is InChI=1S/C16H21ClN2O2/c1-18(2)13-8-10-19(11-9-13)16-12(6-7-15(20)21)4-3-5-14(16)17/h3-7,13H,8-11H2,1-2H3,(H,20,21)/b7-6+. The van der Waals surface area contributed by atoms with Gasteiger partial charge in [0.2, 0.25) is 0 Å². The van der Waals surface area contributed by atoms with Crippen LogP contribution in [0.25, 0.3) is 6.08 Å². The average Bonchev–Trinajstić information content (AvgIpc) is 2.45.